The molecule has 0 bridgehead atoms. The van der Waals surface area contributed by atoms with E-state index < -0.39 is 11.9 Å². The lowest BCUT2D eigenvalue weighted by Crippen LogP contribution is -2.43. The topological polar surface area (TPSA) is 45.2 Å². The van der Waals surface area contributed by atoms with Crippen LogP contribution in [0.25, 0.3) is 10.9 Å². The Labute approximate surface area is 189 Å². The van der Waals surface area contributed by atoms with Gasteiger partial charge in [0.2, 0.25) is 0 Å². The van der Waals surface area contributed by atoms with Crippen LogP contribution in [0, 0.1) is 0 Å². The molecule has 0 radical (unpaired) electrons. The van der Waals surface area contributed by atoms with Gasteiger partial charge in [-0.1, -0.05) is 29.8 Å². The number of nitrogens with one attached hydrogen (secondary N) is 1. The number of benzene rings is 2. The highest BCUT2D eigenvalue weighted by atomic mass is 35.5. The maximum absolute atomic E-state index is 13.4. The first-order valence-electron chi connectivity index (χ1n) is 10.5. The Kier molecular flexibility index (Phi) is 6.29. The number of hydrogen-bond donors (Lipinski definition) is 1. The van der Waals surface area contributed by atoms with E-state index in [9.17, 15) is 18.0 Å². The van der Waals surface area contributed by atoms with Crippen LogP contribution in [0.1, 0.15) is 41.7 Å². The van der Waals surface area contributed by atoms with Crippen molar-refractivity contribution in [3.8, 4) is 0 Å². The number of hydrogen-bond acceptors (Lipinski definition) is 3. The molecule has 0 saturated heterocycles. The molecule has 1 N–H and O–H groups in total. The first kappa shape index (κ1) is 22.4. The minimum Gasteiger partial charge on any atom is -0.371 e. The van der Waals surface area contributed by atoms with Crippen molar-refractivity contribution in [3.05, 3.63) is 70.9 Å². The molecule has 0 atom stereocenters. The monoisotopic (exact) mass is 461 g/mol. The summed E-state index contributed by atoms with van der Waals surface area (Å²) in [6, 6.07) is 14.9. The zero-order chi connectivity index (χ0) is 22.9. The van der Waals surface area contributed by atoms with Crippen molar-refractivity contribution in [2.75, 3.05) is 11.9 Å². The fourth-order valence-corrected chi connectivity index (χ4v) is 4.39. The molecule has 8 heteroatoms. The number of halogens is 4. The van der Waals surface area contributed by atoms with E-state index in [-0.39, 0.29) is 18.0 Å². The lowest BCUT2D eigenvalue weighted by atomic mass is 9.89. The van der Waals surface area contributed by atoms with Gasteiger partial charge in [-0.05, 0) is 62.1 Å². The molecular formula is C24H23ClF3N3O. The summed E-state index contributed by atoms with van der Waals surface area (Å²) in [7, 11) is 1.83. The maximum atomic E-state index is 13.4. The van der Waals surface area contributed by atoms with E-state index in [4.69, 9.17) is 11.6 Å². The molecule has 1 aliphatic rings. The van der Waals surface area contributed by atoms with Crippen LogP contribution in [-0.4, -0.2) is 30.0 Å². The zero-order valence-electron chi connectivity index (χ0n) is 17.5. The number of pyridine rings is 1. The van der Waals surface area contributed by atoms with E-state index in [1.807, 2.05) is 11.9 Å². The smallest absolute Gasteiger partial charge is 0.371 e. The highest BCUT2D eigenvalue weighted by Gasteiger charge is 2.34. The fraction of sp³-hybridized carbons (Fsp3) is 0.333. The molecule has 1 aromatic heterocycles. The number of amides is 1. The van der Waals surface area contributed by atoms with Crippen LogP contribution < -0.4 is 10.2 Å². The number of alkyl halides is 3. The number of para-hydroxylation sites is 1. The summed E-state index contributed by atoms with van der Waals surface area (Å²) in [6.07, 6.45) is -1.48. The largest absolute Gasteiger partial charge is 0.433 e. The number of carbonyl (C=O) groups excluding carboxylic acids is 1. The first-order valence-corrected chi connectivity index (χ1v) is 10.9. The van der Waals surface area contributed by atoms with Gasteiger partial charge in [0.25, 0.3) is 5.91 Å². The average Bonchev–Trinajstić information content (AvgIpc) is 2.78. The molecular weight excluding hydrogens is 439 g/mol. The second kappa shape index (κ2) is 8.98. The predicted octanol–water partition coefficient (Wildman–Crippen LogP) is 6.08. The van der Waals surface area contributed by atoms with Gasteiger partial charge in [-0.3, -0.25) is 4.79 Å². The van der Waals surface area contributed by atoms with Crippen molar-refractivity contribution in [1.82, 2.24) is 10.3 Å². The molecule has 3 aromatic rings. The van der Waals surface area contributed by atoms with Gasteiger partial charge in [-0.2, -0.15) is 13.2 Å². The van der Waals surface area contributed by atoms with Crippen LogP contribution in [0.4, 0.5) is 18.9 Å². The lowest BCUT2D eigenvalue weighted by Gasteiger charge is -2.37. The minimum atomic E-state index is -4.51. The molecule has 168 valence electrons. The summed E-state index contributed by atoms with van der Waals surface area (Å²) >= 11 is 5.87. The molecule has 4 nitrogen and oxygen atoms in total. The Morgan fingerprint density at radius 2 is 1.72 bits per heavy atom. The molecule has 1 saturated carbocycles. The van der Waals surface area contributed by atoms with Crippen LogP contribution in [-0.2, 0) is 6.18 Å². The Hall–Kier alpha value is -2.80. The van der Waals surface area contributed by atoms with Crippen molar-refractivity contribution in [2.45, 2.75) is 43.9 Å². The normalized spacial score (nSPS) is 19.0. The highest BCUT2D eigenvalue weighted by molar-refractivity contribution is 6.30. The van der Waals surface area contributed by atoms with E-state index in [2.05, 4.69) is 10.3 Å². The highest BCUT2D eigenvalue weighted by Crippen LogP contribution is 2.36. The Morgan fingerprint density at radius 1 is 1.06 bits per heavy atom. The maximum Gasteiger partial charge on any atom is 0.433 e. The fourth-order valence-electron chi connectivity index (χ4n) is 4.27. The number of carbonyl (C=O) groups is 1. The van der Waals surface area contributed by atoms with Crippen molar-refractivity contribution >= 4 is 34.1 Å². The van der Waals surface area contributed by atoms with E-state index in [0.717, 1.165) is 31.7 Å². The van der Waals surface area contributed by atoms with Gasteiger partial charge >= 0.3 is 6.18 Å². The van der Waals surface area contributed by atoms with Crippen molar-refractivity contribution in [3.63, 3.8) is 0 Å². The number of nitrogens with zero attached hydrogens (tertiary/aromatic N) is 2. The average molecular weight is 462 g/mol. The van der Waals surface area contributed by atoms with Gasteiger partial charge in [-0.25, -0.2) is 4.98 Å². The van der Waals surface area contributed by atoms with Crippen LogP contribution in [0.15, 0.2) is 54.6 Å². The number of aromatic nitrogens is 1. The zero-order valence-corrected chi connectivity index (χ0v) is 18.2. The summed E-state index contributed by atoms with van der Waals surface area (Å²) in [4.78, 5) is 18.2. The second-order valence-corrected chi connectivity index (χ2v) is 8.57. The number of rotatable bonds is 4. The van der Waals surface area contributed by atoms with Crippen LogP contribution in [0.3, 0.4) is 0 Å². The van der Waals surface area contributed by atoms with Crippen molar-refractivity contribution in [1.29, 1.82) is 0 Å². The first-order chi connectivity index (χ1) is 15.2. The molecule has 1 amide bonds. The molecule has 1 fully saturated rings. The van der Waals surface area contributed by atoms with Gasteiger partial charge in [0.1, 0.15) is 5.69 Å². The SMILES string of the molecule is CN(c1cc(C(F)(F)F)nc2ccccc12)C1CCC(NC(=O)c2ccc(Cl)cc2)CC1. The molecule has 32 heavy (non-hydrogen) atoms. The van der Waals surface area contributed by atoms with Crippen LogP contribution in [0.2, 0.25) is 5.02 Å². The van der Waals surface area contributed by atoms with Crippen molar-refractivity contribution in [2.24, 2.45) is 0 Å². The van der Waals surface area contributed by atoms with Gasteiger partial charge in [0.05, 0.1) is 5.52 Å². The number of anilines is 1. The van der Waals surface area contributed by atoms with Gasteiger partial charge < -0.3 is 10.2 Å². The Morgan fingerprint density at radius 3 is 2.38 bits per heavy atom. The van der Waals surface area contributed by atoms with Crippen LogP contribution in [0.5, 0.6) is 0 Å². The van der Waals surface area contributed by atoms with Crippen molar-refractivity contribution < 1.29 is 18.0 Å². The molecule has 1 aliphatic carbocycles. The number of fused-ring (bicyclic) bond motifs is 1. The molecule has 1 heterocycles. The second-order valence-electron chi connectivity index (χ2n) is 8.14. The van der Waals surface area contributed by atoms with Gasteiger partial charge in [-0.15, -0.1) is 0 Å². The summed E-state index contributed by atoms with van der Waals surface area (Å²) in [5, 5.41) is 4.32. The summed E-state index contributed by atoms with van der Waals surface area (Å²) in [5.74, 6) is -0.145. The summed E-state index contributed by atoms with van der Waals surface area (Å²) in [5.41, 5.74) is 0.517. The van der Waals surface area contributed by atoms with E-state index in [0.29, 0.717) is 27.2 Å². The minimum absolute atomic E-state index is 0.0303. The molecule has 0 aliphatic heterocycles. The third-order valence-electron chi connectivity index (χ3n) is 6.05. The molecule has 0 spiro atoms. The van der Waals surface area contributed by atoms with Gasteiger partial charge in [0, 0.05) is 40.8 Å². The molecule has 4 rings (SSSR count). The van der Waals surface area contributed by atoms with E-state index >= 15 is 0 Å². The summed E-state index contributed by atoms with van der Waals surface area (Å²) < 4.78 is 40.2. The Balaban J connectivity index is 1.46. The van der Waals surface area contributed by atoms with E-state index in [1.54, 1.807) is 48.5 Å². The molecule has 2 aromatic carbocycles. The molecule has 0 unspecified atom stereocenters. The standard InChI is InChI=1S/C24H23ClF3N3O/c1-31(21-14-22(24(26,27)28)30-20-5-3-2-4-19(20)21)18-12-10-17(11-13-18)29-23(32)15-6-8-16(25)9-7-15/h2-9,14,17-18H,10-13H2,1H3,(H,29,32). The Bertz CT molecular complexity index is 1110. The van der Waals surface area contributed by atoms with Crippen LogP contribution >= 0.6 is 11.6 Å². The van der Waals surface area contributed by atoms with Gasteiger partial charge in [0.15, 0.2) is 0 Å². The summed E-state index contributed by atoms with van der Waals surface area (Å²) in [6.45, 7) is 0. The van der Waals surface area contributed by atoms with E-state index in [1.165, 1.54) is 0 Å². The third kappa shape index (κ3) is 4.83. The quantitative estimate of drug-likeness (QED) is 0.511. The predicted molar refractivity (Wildman–Crippen MR) is 120 cm³/mol. The third-order valence-corrected chi connectivity index (χ3v) is 6.30. The lowest BCUT2D eigenvalue weighted by molar-refractivity contribution is -0.140.